The highest BCUT2D eigenvalue weighted by Gasteiger charge is 2.11. The Bertz CT molecular complexity index is 825. The molecule has 0 radical (unpaired) electrons. The van der Waals surface area contributed by atoms with Crippen LogP contribution in [0, 0.1) is 6.92 Å². The first kappa shape index (κ1) is 15.6. The third-order valence-electron chi connectivity index (χ3n) is 3.86. The molecule has 1 aromatic heterocycles. The first-order valence-electron chi connectivity index (χ1n) is 7.72. The quantitative estimate of drug-likeness (QED) is 0.699. The standard InChI is InChI=1S/C19H20N2OS/c1-13-7-3-5-9-17(13)21-19(22)20-14(2)11-15-12-23-18-10-6-4-8-16(15)18/h3-10,12,14H,11H2,1-2H3,(H2,20,21,22)/t14-/m0/s1. The highest BCUT2D eigenvalue weighted by Crippen LogP contribution is 2.26. The molecule has 2 N–H and O–H groups in total. The number of anilines is 1. The van der Waals surface area contributed by atoms with Gasteiger partial charge in [0.2, 0.25) is 0 Å². The van der Waals surface area contributed by atoms with Crippen molar-refractivity contribution in [3.05, 3.63) is 65.0 Å². The molecule has 0 saturated heterocycles. The highest BCUT2D eigenvalue weighted by molar-refractivity contribution is 7.17. The number of urea groups is 1. The summed E-state index contributed by atoms with van der Waals surface area (Å²) in [5, 5.41) is 9.39. The predicted octanol–water partition coefficient (Wildman–Crippen LogP) is 4.96. The van der Waals surface area contributed by atoms with E-state index in [2.05, 4.69) is 40.3 Å². The summed E-state index contributed by atoms with van der Waals surface area (Å²) >= 11 is 1.75. The third kappa shape index (κ3) is 3.71. The second kappa shape index (κ2) is 6.84. The lowest BCUT2D eigenvalue weighted by atomic mass is 10.1. The zero-order chi connectivity index (χ0) is 16.2. The van der Waals surface area contributed by atoms with Crippen LogP contribution in [0.4, 0.5) is 10.5 Å². The maximum atomic E-state index is 12.1. The van der Waals surface area contributed by atoms with Crippen molar-refractivity contribution in [1.82, 2.24) is 5.32 Å². The topological polar surface area (TPSA) is 41.1 Å². The van der Waals surface area contributed by atoms with Gasteiger partial charge in [-0.3, -0.25) is 0 Å². The smallest absolute Gasteiger partial charge is 0.319 e. The van der Waals surface area contributed by atoms with Gasteiger partial charge >= 0.3 is 6.03 Å². The second-order valence-corrected chi connectivity index (χ2v) is 6.69. The van der Waals surface area contributed by atoms with Crippen LogP contribution < -0.4 is 10.6 Å². The van der Waals surface area contributed by atoms with E-state index < -0.39 is 0 Å². The molecule has 0 spiro atoms. The Kier molecular flexibility index (Phi) is 4.63. The molecule has 0 unspecified atom stereocenters. The van der Waals surface area contributed by atoms with Crippen LogP contribution in [-0.2, 0) is 6.42 Å². The Balaban J connectivity index is 1.62. The molecule has 0 bridgehead atoms. The van der Waals surface area contributed by atoms with E-state index in [4.69, 9.17) is 0 Å². The van der Waals surface area contributed by atoms with E-state index in [-0.39, 0.29) is 12.1 Å². The van der Waals surface area contributed by atoms with Gasteiger partial charge in [0.15, 0.2) is 0 Å². The number of nitrogens with one attached hydrogen (secondary N) is 2. The van der Waals surface area contributed by atoms with Crippen LogP contribution >= 0.6 is 11.3 Å². The fourth-order valence-corrected chi connectivity index (χ4v) is 3.64. The van der Waals surface area contributed by atoms with Crippen molar-refractivity contribution >= 4 is 33.1 Å². The molecule has 0 fully saturated rings. The van der Waals surface area contributed by atoms with Crippen LogP contribution in [0.15, 0.2) is 53.9 Å². The van der Waals surface area contributed by atoms with Crippen molar-refractivity contribution in [2.24, 2.45) is 0 Å². The molecule has 0 aliphatic rings. The van der Waals surface area contributed by atoms with Gasteiger partial charge in [-0.15, -0.1) is 11.3 Å². The van der Waals surface area contributed by atoms with Crippen molar-refractivity contribution < 1.29 is 4.79 Å². The predicted molar refractivity (Wildman–Crippen MR) is 98.3 cm³/mol. The Labute approximate surface area is 140 Å². The fraction of sp³-hybridized carbons (Fsp3) is 0.211. The van der Waals surface area contributed by atoms with Crippen LogP contribution in [0.25, 0.3) is 10.1 Å². The Morgan fingerprint density at radius 1 is 1.13 bits per heavy atom. The largest absolute Gasteiger partial charge is 0.335 e. The number of rotatable bonds is 4. The van der Waals surface area contributed by atoms with E-state index in [0.29, 0.717) is 0 Å². The van der Waals surface area contributed by atoms with E-state index in [1.807, 2.05) is 38.1 Å². The summed E-state index contributed by atoms with van der Waals surface area (Å²) in [6.45, 7) is 4.01. The summed E-state index contributed by atoms with van der Waals surface area (Å²) in [6.07, 6.45) is 0.825. The van der Waals surface area contributed by atoms with Crippen molar-refractivity contribution in [2.75, 3.05) is 5.32 Å². The minimum atomic E-state index is -0.161. The molecule has 4 heteroatoms. The lowest BCUT2D eigenvalue weighted by molar-refractivity contribution is 0.249. The first-order valence-corrected chi connectivity index (χ1v) is 8.59. The number of thiophene rings is 1. The van der Waals surface area contributed by atoms with Gasteiger partial charge in [-0.25, -0.2) is 4.79 Å². The van der Waals surface area contributed by atoms with Crippen molar-refractivity contribution in [3.63, 3.8) is 0 Å². The zero-order valence-electron chi connectivity index (χ0n) is 13.3. The van der Waals surface area contributed by atoms with Gasteiger partial charge in [-0.2, -0.15) is 0 Å². The molecule has 1 atom stereocenters. The molecule has 118 valence electrons. The number of carbonyl (C=O) groups is 1. The molecule has 3 rings (SSSR count). The minimum Gasteiger partial charge on any atom is -0.335 e. The van der Waals surface area contributed by atoms with Gasteiger partial charge in [0, 0.05) is 16.4 Å². The molecule has 0 saturated carbocycles. The average Bonchev–Trinajstić information content (AvgIpc) is 2.93. The van der Waals surface area contributed by atoms with Gasteiger partial charge in [-0.1, -0.05) is 36.4 Å². The van der Waals surface area contributed by atoms with Crippen molar-refractivity contribution in [1.29, 1.82) is 0 Å². The minimum absolute atomic E-state index is 0.0667. The molecule has 0 aliphatic carbocycles. The molecule has 2 aromatic carbocycles. The molecule has 0 aliphatic heterocycles. The lowest BCUT2D eigenvalue weighted by Gasteiger charge is -2.15. The van der Waals surface area contributed by atoms with Crippen LogP contribution in [-0.4, -0.2) is 12.1 Å². The third-order valence-corrected chi connectivity index (χ3v) is 4.87. The van der Waals surface area contributed by atoms with Gasteiger partial charge in [-0.05, 0) is 54.3 Å². The van der Waals surface area contributed by atoms with E-state index in [1.165, 1.54) is 15.6 Å². The fourth-order valence-electron chi connectivity index (χ4n) is 2.67. The summed E-state index contributed by atoms with van der Waals surface area (Å²) in [4.78, 5) is 12.1. The molecule has 2 amide bonds. The van der Waals surface area contributed by atoms with E-state index >= 15 is 0 Å². The Morgan fingerprint density at radius 2 is 1.87 bits per heavy atom. The summed E-state index contributed by atoms with van der Waals surface area (Å²) in [5.74, 6) is 0. The number of carbonyl (C=O) groups excluding carboxylic acids is 1. The van der Waals surface area contributed by atoms with E-state index in [0.717, 1.165) is 17.7 Å². The molecule has 3 nitrogen and oxygen atoms in total. The first-order chi connectivity index (χ1) is 11.1. The van der Waals surface area contributed by atoms with E-state index in [9.17, 15) is 4.79 Å². The number of benzene rings is 2. The summed E-state index contributed by atoms with van der Waals surface area (Å²) in [5.41, 5.74) is 3.19. The Morgan fingerprint density at radius 3 is 2.70 bits per heavy atom. The average molecular weight is 324 g/mol. The normalized spacial score (nSPS) is 12.1. The summed E-state index contributed by atoms with van der Waals surface area (Å²) in [7, 11) is 0. The molecule has 3 aromatic rings. The van der Waals surface area contributed by atoms with Crippen LogP contribution in [0.5, 0.6) is 0 Å². The second-order valence-electron chi connectivity index (χ2n) is 5.78. The lowest BCUT2D eigenvalue weighted by Crippen LogP contribution is -2.37. The zero-order valence-corrected chi connectivity index (χ0v) is 14.1. The van der Waals surface area contributed by atoms with Crippen LogP contribution in [0.1, 0.15) is 18.1 Å². The maximum absolute atomic E-state index is 12.1. The maximum Gasteiger partial charge on any atom is 0.319 e. The number of para-hydroxylation sites is 1. The monoisotopic (exact) mass is 324 g/mol. The number of fused-ring (bicyclic) bond motifs is 1. The van der Waals surface area contributed by atoms with Crippen LogP contribution in [0.2, 0.25) is 0 Å². The van der Waals surface area contributed by atoms with Gasteiger partial charge in [0.05, 0.1) is 0 Å². The molecular formula is C19H20N2OS. The van der Waals surface area contributed by atoms with Gasteiger partial charge < -0.3 is 10.6 Å². The number of amides is 2. The van der Waals surface area contributed by atoms with Gasteiger partial charge in [0.25, 0.3) is 0 Å². The number of hydrogen-bond donors (Lipinski definition) is 2. The van der Waals surface area contributed by atoms with Crippen molar-refractivity contribution in [3.8, 4) is 0 Å². The number of aryl methyl sites for hydroxylation is 1. The van der Waals surface area contributed by atoms with E-state index in [1.54, 1.807) is 11.3 Å². The highest BCUT2D eigenvalue weighted by atomic mass is 32.1. The summed E-state index contributed by atoms with van der Waals surface area (Å²) in [6, 6.07) is 16.1. The molecule has 1 heterocycles. The molecular weight excluding hydrogens is 304 g/mol. The Hall–Kier alpha value is -2.33. The number of hydrogen-bond acceptors (Lipinski definition) is 2. The van der Waals surface area contributed by atoms with Crippen molar-refractivity contribution in [2.45, 2.75) is 26.3 Å². The summed E-state index contributed by atoms with van der Waals surface area (Å²) < 4.78 is 1.29. The van der Waals surface area contributed by atoms with Gasteiger partial charge in [0.1, 0.15) is 0 Å². The van der Waals surface area contributed by atoms with Crippen LogP contribution in [0.3, 0.4) is 0 Å². The molecule has 23 heavy (non-hydrogen) atoms. The SMILES string of the molecule is Cc1ccccc1NC(=O)N[C@@H](C)Cc1csc2ccccc12.